The lowest BCUT2D eigenvalue weighted by atomic mass is 9.71. The van der Waals surface area contributed by atoms with Crippen molar-refractivity contribution in [1.82, 2.24) is 0 Å². The molecule has 0 radical (unpaired) electrons. The van der Waals surface area contributed by atoms with Gasteiger partial charge in [-0.25, -0.2) is 0 Å². The number of hydrogen-bond acceptors (Lipinski definition) is 2. The van der Waals surface area contributed by atoms with Gasteiger partial charge in [-0.3, -0.25) is 4.79 Å². The van der Waals surface area contributed by atoms with E-state index in [9.17, 15) is 4.79 Å². The van der Waals surface area contributed by atoms with E-state index in [4.69, 9.17) is 4.74 Å². The minimum Gasteiger partial charge on any atom is -0.459 e. The van der Waals surface area contributed by atoms with Gasteiger partial charge in [0, 0.05) is 12.8 Å². The number of carbonyl (C=O) groups excluding carboxylic acids is 1. The molecule has 3 fully saturated rings. The summed E-state index contributed by atoms with van der Waals surface area (Å²) in [5, 5.41) is 0. The van der Waals surface area contributed by atoms with E-state index >= 15 is 0 Å². The van der Waals surface area contributed by atoms with E-state index in [1.54, 1.807) is 6.92 Å². The fourth-order valence-electron chi connectivity index (χ4n) is 5.10. The van der Waals surface area contributed by atoms with Gasteiger partial charge in [-0.05, 0) is 49.9 Å². The third kappa shape index (κ3) is 1.28. The Balaban J connectivity index is 1.85. The molecule has 3 saturated carbocycles. The highest BCUT2D eigenvalue weighted by atomic mass is 16.6. The first-order valence-corrected chi connectivity index (χ1v) is 6.86. The second-order valence-electron chi connectivity index (χ2n) is 6.08. The zero-order chi connectivity index (χ0) is 11.3. The minimum absolute atomic E-state index is 0.0797. The standard InChI is InChI=1S/C14H22O2/c1-3-14(16-9(2)15)8-10-7-13(14)12-6-4-5-11(10)12/h10-13H,3-8H2,1-2H3. The smallest absolute Gasteiger partial charge is 0.303 e. The molecule has 3 aliphatic carbocycles. The molecule has 0 aromatic carbocycles. The number of ether oxygens (including phenoxy) is 1. The molecule has 3 aliphatic rings. The maximum absolute atomic E-state index is 11.3. The summed E-state index contributed by atoms with van der Waals surface area (Å²) in [6.07, 6.45) is 7.71. The summed E-state index contributed by atoms with van der Waals surface area (Å²) in [7, 11) is 0. The summed E-state index contributed by atoms with van der Waals surface area (Å²) in [4.78, 5) is 11.3. The van der Waals surface area contributed by atoms with Gasteiger partial charge in [0.1, 0.15) is 5.60 Å². The van der Waals surface area contributed by atoms with Crippen LogP contribution in [0.1, 0.15) is 52.4 Å². The summed E-state index contributed by atoms with van der Waals surface area (Å²) in [5.41, 5.74) is -0.0813. The number of carbonyl (C=O) groups is 1. The van der Waals surface area contributed by atoms with E-state index in [0.717, 1.165) is 30.6 Å². The van der Waals surface area contributed by atoms with Crippen LogP contribution in [-0.2, 0) is 9.53 Å². The summed E-state index contributed by atoms with van der Waals surface area (Å²) < 4.78 is 5.75. The molecule has 2 heteroatoms. The van der Waals surface area contributed by atoms with Crippen LogP contribution in [0.25, 0.3) is 0 Å². The van der Waals surface area contributed by atoms with Crippen LogP contribution < -0.4 is 0 Å². The van der Waals surface area contributed by atoms with Crippen LogP contribution in [0.3, 0.4) is 0 Å². The molecule has 0 heterocycles. The van der Waals surface area contributed by atoms with Crippen molar-refractivity contribution in [3.63, 3.8) is 0 Å². The molecule has 2 bridgehead atoms. The van der Waals surface area contributed by atoms with Gasteiger partial charge in [-0.1, -0.05) is 13.3 Å². The number of esters is 1. The summed E-state index contributed by atoms with van der Waals surface area (Å²) in [6.45, 7) is 3.75. The first-order valence-electron chi connectivity index (χ1n) is 6.86. The molecule has 0 N–H and O–H groups in total. The Morgan fingerprint density at radius 2 is 2.12 bits per heavy atom. The third-order valence-electron chi connectivity index (χ3n) is 5.53. The van der Waals surface area contributed by atoms with Crippen molar-refractivity contribution in [2.75, 3.05) is 0 Å². The predicted molar refractivity (Wildman–Crippen MR) is 61.8 cm³/mol. The normalized spacial score (nSPS) is 49.4. The number of fused-ring (bicyclic) bond motifs is 5. The van der Waals surface area contributed by atoms with Crippen molar-refractivity contribution in [3.05, 3.63) is 0 Å². The Kier molecular flexibility index (Phi) is 2.31. The maximum Gasteiger partial charge on any atom is 0.303 e. The molecule has 5 unspecified atom stereocenters. The van der Waals surface area contributed by atoms with Crippen molar-refractivity contribution >= 4 is 5.97 Å². The predicted octanol–water partition coefficient (Wildman–Crippen LogP) is 3.15. The number of rotatable bonds is 2. The maximum atomic E-state index is 11.3. The molecule has 16 heavy (non-hydrogen) atoms. The first-order chi connectivity index (χ1) is 7.66. The van der Waals surface area contributed by atoms with Gasteiger partial charge < -0.3 is 4.74 Å². The Morgan fingerprint density at radius 1 is 1.38 bits per heavy atom. The molecule has 0 aromatic rings. The van der Waals surface area contributed by atoms with E-state index in [-0.39, 0.29) is 11.6 Å². The van der Waals surface area contributed by atoms with Crippen LogP contribution in [0, 0.1) is 23.7 Å². The fraction of sp³-hybridized carbons (Fsp3) is 0.929. The van der Waals surface area contributed by atoms with Crippen LogP contribution in [-0.4, -0.2) is 11.6 Å². The Labute approximate surface area is 97.7 Å². The summed E-state index contributed by atoms with van der Waals surface area (Å²) >= 11 is 0. The molecule has 0 amide bonds. The molecule has 0 aliphatic heterocycles. The third-order valence-corrected chi connectivity index (χ3v) is 5.53. The highest BCUT2D eigenvalue weighted by molar-refractivity contribution is 5.66. The van der Waals surface area contributed by atoms with Crippen molar-refractivity contribution in [2.24, 2.45) is 23.7 Å². The van der Waals surface area contributed by atoms with Crippen LogP contribution in [0.5, 0.6) is 0 Å². The molecule has 0 spiro atoms. The lowest BCUT2D eigenvalue weighted by molar-refractivity contribution is -0.167. The van der Waals surface area contributed by atoms with Gasteiger partial charge in [0.2, 0.25) is 0 Å². The topological polar surface area (TPSA) is 26.3 Å². The lowest BCUT2D eigenvalue weighted by Crippen LogP contribution is -2.44. The zero-order valence-corrected chi connectivity index (χ0v) is 10.4. The van der Waals surface area contributed by atoms with Gasteiger partial charge in [0.15, 0.2) is 0 Å². The van der Waals surface area contributed by atoms with Crippen LogP contribution in [0.4, 0.5) is 0 Å². The van der Waals surface area contributed by atoms with E-state index < -0.39 is 0 Å². The lowest BCUT2D eigenvalue weighted by Gasteiger charge is -2.41. The highest BCUT2D eigenvalue weighted by Crippen LogP contribution is 2.64. The zero-order valence-electron chi connectivity index (χ0n) is 10.4. The van der Waals surface area contributed by atoms with Crippen molar-refractivity contribution in [2.45, 2.75) is 58.0 Å². The average molecular weight is 222 g/mol. The van der Waals surface area contributed by atoms with E-state index in [1.165, 1.54) is 25.7 Å². The molecule has 0 aromatic heterocycles. The Bertz CT molecular complexity index is 312. The van der Waals surface area contributed by atoms with Gasteiger partial charge in [-0.2, -0.15) is 0 Å². The quantitative estimate of drug-likeness (QED) is 0.671. The molecule has 2 nitrogen and oxygen atoms in total. The van der Waals surface area contributed by atoms with Crippen molar-refractivity contribution in [1.29, 1.82) is 0 Å². The van der Waals surface area contributed by atoms with Crippen LogP contribution in [0.15, 0.2) is 0 Å². The van der Waals surface area contributed by atoms with E-state index in [0.29, 0.717) is 5.92 Å². The van der Waals surface area contributed by atoms with Gasteiger partial charge in [0.05, 0.1) is 0 Å². The minimum atomic E-state index is -0.0813. The van der Waals surface area contributed by atoms with Crippen LogP contribution in [0.2, 0.25) is 0 Å². The molecular formula is C14H22O2. The summed E-state index contributed by atoms with van der Waals surface area (Å²) in [6, 6.07) is 0. The van der Waals surface area contributed by atoms with Crippen LogP contribution >= 0.6 is 0 Å². The van der Waals surface area contributed by atoms with Gasteiger partial charge in [-0.15, -0.1) is 0 Å². The second kappa shape index (κ2) is 3.48. The molecule has 3 rings (SSSR count). The SMILES string of the molecule is CCC1(OC(C)=O)CC2CC1C1CCCC21. The molecular weight excluding hydrogens is 200 g/mol. The van der Waals surface area contributed by atoms with Crippen molar-refractivity contribution in [3.8, 4) is 0 Å². The highest BCUT2D eigenvalue weighted by Gasteiger charge is 2.61. The number of hydrogen-bond donors (Lipinski definition) is 0. The second-order valence-corrected chi connectivity index (χ2v) is 6.08. The molecule has 0 saturated heterocycles. The fourth-order valence-corrected chi connectivity index (χ4v) is 5.10. The first kappa shape index (κ1) is 10.6. The Morgan fingerprint density at radius 3 is 2.81 bits per heavy atom. The van der Waals surface area contributed by atoms with Gasteiger partial charge >= 0.3 is 5.97 Å². The van der Waals surface area contributed by atoms with E-state index in [1.807, 2.05) is 0 Å². The monoisotopic (exact) mass is 222 g/mol. The summed E-state index contributed by atoms with van der Waals surface area (Å²) in [5.74, 6) is 3.30. The molecule has 90 valence electrons. The van der Waals surface area contributed by atoms with E-state index in [2.05, 4.69) is 6.92 Å². The van der Waals surface area contributed by atoms with Crippen molar-refractivity contribution < 1.29 is 9.53 Å². The molecule has 5 atom stereocenters. The largest absolute Gasteiger partial charge is 0.459 e. The van der Waals surface area contributed by atoms with Gasteiger partial charge in [0.25, 0.3) is 0 Å². The average Bonchev–Trinajstić information content (AvgIpc) is 2.84. The Hall–Kier alpha value is -0.530.